The lowest BCUT2D eigenvalue weighted by Crippen LogP contribution is -2.21. The first kappa shape index (κ1) is 12.0. The SMILES string of the molecule is N[C@H](O)/C=C/[C@@H]1[C@H]2CC(=O)O[C@H]2C[C@H]1OP. The van der Waals surface area contributed by atoms with E-state index in [1.54, 1.807) is 0 Å². The monoisotopic (exact) mass is 245 g/mol. The number of carbonyl (C=O) groups is 1. The molecule has 0 aromatic heterocycles. The van der Waals surface area contributed by atoms with Gasteiger partial charge >= 0.3 is 5.97 Å². The lowest BCUT2D eigenvalue weighted by molar-refractivity contribution is -0.141. The number of aliphatic hydroxyl groups excluding tert-OH is 1. The van der Waals surface area contributed by atoms with Crippen molar-refractivity contribution in [2.24, 2.45) is 17.6 Å². The molecular weight excluding hydrogens is 229 g/mol. The lowest BCUT2D eigenvalue weighted by atomic mass is 9.92. The zero-order valence-electron chi connectivity index (χ0n) is 8.78. The second-order valence-electron chi connectivity index (χ2n) is 4.26. The summed E-state index contributed by atoms with van der Waals surface area (Å²) in [5, 5.41) is 9.01. The molecule has 16 heavy (non-hydrogen) atoms. The molecule has 6 atom stereocenters. The molecule has 6 heteroatoms. The fourth-order valence-corrected chi connectivity index (χ4v) is 2.84. The third kappa shape index (κ3) is 2.28. The predicted octanol–water partition coefficient (Wildman–Crippen LogP) is -0.0534. The van der Waals surface area contributed by atoms with Crippen molar-refractivity contribution in [1.29, 1.82) is 0 Å². The number of hydrogen-bond acceptors (Lipinski definition) is 5. The third-order valence-corrected chi connectivity index (χ3v) is 3.61. The smallest absolute Gasteiger partial charge is 0.306 e. The van der Waals surface area contributed by atoms with Gasteiger partial charge in [-0.1, -0.05) is 6.08 Å². The maximum atomic E-state index is 11.2. The van der Waals surface area contributed by atoms with Crippen molar-refractivity contribution < 1.29 is 19.2 Å². The van der Waals surface area contributed by atoms with Gasteiger partial charge < -0.3 is 20.1 Å². The molecule has 0 aromatic carbocycles. The standard InChI is InChI=1S/C10H16NO4P/c11-9(12)2-1-5-6-3-10(13)14-7(6)4-8(5)15-16/h1-2,5-9,12H,3-4,11,16H2/b2-1+/t5-,6-,7+,8-,9-/m1/s1. The molecule has 0 bridgehead atoms. The molecule has 2 fully saturated rings. The number of hydrogen-bond donors (Lipinski definition) is 2. The summed E-state index contributed by atoms with van der Waals surface area (Å²) in [6.07, 6.45) is 3.45. The zero-order valence-corrected chi connectivity index (χ0v) is 9.94. The molecule has 2 aliphatic rings. The van der Waals surface area contributed by atoms with E-state index in [0.29, 0.717) is 12.8 Å². The third-order valence-electron chi connectivity index (χ3n) is 3.26. The highest BCUT2D eigenvalue weighted by Gasteiger charge is 2.49. The van der Waals surface area contributed by atoms with E-state index in [9.17, 15) is 4.79 Å². The van der Waals surface area contributed by atoms with Gasteiger partial charge in [0.05, 0.1) is 12.5 Å². The van der Waals surface area contributed by atoms with Gasteiger partial charge in [0, 0.05) is 27.7 Å². The van der Waals surface area contributed by atoms with Crippen LogP contribution < -0.4 is 5.73 Å². The molecule has 1 aliphatic heterocycles. The van der Waals surface area contributed by atoms with Crippen molar-refractivity contribution in [3.63, 3.8) is 0 Å². The molecule has 2 rings (SSSR count). The highest BCUT2D eigenvalue weighted by molar-refractivity contribution is 7.09. The molecule has 3 N–H and O–H groups in total. The Labute approximate surface area is 96.3 Å². The van der Waals surface area contributed by atoms with Crippen molar-refractivity contribution in [3.8, 4) is 0 Å². The molecule has 90 valence electrons. The van der Waals surface area contributed by atoms with Gasteiger partial charge in [-0.15, -0.1) is 0 Å². The van der Waals surface area contributed by atoms with Crippen molar-refractivity contribution in [3.05, 3.63) is 12.2 Å². The van der Waals surface area contributed by atoms with Crippen LogP contribution in [0.15, 0.2) is 12.2 Å². The fraction of sp³-hybridized carbons (Fsp3) is 0.700. The second kappa shape index (κ2) is 4.80. The summed E-state index contributed by atoms with van der Waals surface area (Å²) in [7, 11) is 2.24. The number of fused-ring (bicyclic) bond motifs is 1. The first-order valence-corrected chi connectivity index (χ1v) is 5.76. The summed E-state index contributed by atoms with van der Waals surface area (Å²) in [5.41, 5.74) is 5.25. The van der Waals surface area contributed by atoms with E-state index in [1.165, 1.54) is 6.08 Å². The highest BCUT2D eigenvalue weighted by atomic mass is 31.0. The Morgan fingerprint density at radius 3 is 3.06 bits per heavy atom. The first-order valence-electron chi connectivity index (χ1n) is 5.29. The number of carbonyl (C=O) groups excluding carboxylic acids is 1. The predicted molar refractivity (Wildman–Crippen MR) is 60.0 cm³/mol. The van der Waals surface area contributed by atoms with Crippen molar-refractivity contribution >= 4 is 15.4 Å². The van der Waals surface area contributed by atoms with Crippen LogP contribution in [-0.4, -0.2) is 29.5 Å². The van der Waals surface area contributed by atoms with Gasteiger partial charge in [-0.05, 0) is 6.08 Å². The molecule has 1 saturated carbocycles. The van der Waals surface area contributed by atoms with Gasteiger partial charge in [0.1, 0.15) is 12.3 Å². The Bertz CT molecular complexity index is 307. The number of nitrogens with two attached hydrogens (primary N) is 1. The van der Waals surface area contributed by atoms with E-state index in [-0.39, 0.29) is 30.0 Å². The Kier molecular flexibility index (Phi) is 3.60. The Balaban J connectivity index is 2.09. The average molecular weight is 245 g/mol. The Morgan fingerprint density at radius 2 is 2.44 bits per heavy atom. The van der Waals surface area contributed by atoms with Crippen LogP contribution in [0.5, 0.6) is 0 Å². The summed E-state index contributed by atoms with van der Waals surface area (Å²) in [5.74, 6) is 0.0732. The molecule has 1 saturated heterocycles. The van der Waals surface area contributed by atoms with Crippen LogP contribution in [-0.2, 0) is 14.1 Å². The number of esters is 1. The summed E-state index contributed by atoms with van der Waals surface area (Å²) in [4.78, 5) is 11.2. The minimum atomic E-state index is -0.970. The van der Waals surface area contributed by atoms with Crippen LogP contribution in [0.1, 0.15) is 12.8 Å². The minimum Gasteiger partial charge on any atom is -0.462 e. The maximum Gasteiger partial charge on any atom is 0.306 e. The molecule has 0 amide bonds. The van der Waals surface area contributed by atoms with E-state index < -0.39 is 6.23 Å². The summed E-state index contributed by atoms with van der Waals surface area (Å²) in [6.45, 7) is 0. The Hall–Kier alpha value is -0.480. The zero-order chi connectivity index (χ0) is 11.7. The van der Waals surface area contributed by atoms with E-state index in [2.05, 4.69) is 9.47 Å². The van der Waals surface area contributed by atoms with Crippen molar-refractivity contribution in [2.45, 2.75) is 31.3 Å². The van der Waals surface area contributed by atoms with E-state index in [1.807, 2.05) is 6.08 Å². The number of rotatable bonds is 3. The van der Waals surface area contributed by atoms with Crippen molar-refractivity contribution in [1.82, 2.24) is 0 Å². The topological polar surface area (TPSA) is 81.8 Å². The molecule has 0 aromatic rings. The molecule has 5 nitrogen and oxygen atoms in total. The molecule has 0 radical (unpaired) electrons. The molecular formula is C10H16NO4P. The number of ether oxygens (including phenoxy) is 1. The first-order chi connectivity index (χ1) is 7.61. The summed E-state index contributed by atoms with van der Waals surface area (Å²) < 4.78 is 10.5. The number of aliphatic hydroxyl groups is 1. The van der Waals surface area contributed by atoms with Crippen LogP contribution in [0.2, 0.25) is 0 Å². The van der Waals surface area contributed by atoms with Crippen LogP contribution >= 0.6 is 9.47 Å². The maximum absolute atomic E-state index is 11.2. The van der Waals surface area contributed by atoms with Crippen molar-refractivity contribution in [2.75, 3.05) is 0 Å². The molecule has 0 spiro atoms. The van der Waals surface area contributed by atoms with E-state index in [0.717, 1.165) is 0 Å². The molecule has 1 heterocycles. The normalized spacial score (nSPS) is 40.1. The summed E-state index contributed by atoms with van der Waals surface area (Å²) >= 11 is 0. The van der Waals surface area contributed by atoms with Gasteiger partial charge in [0.15, 0.2) is 0 Å². The van der Waals surface area contributed by atoms with Gasteiger partial charge in [0.2, 0.25) is 0 Å². The minimum absolute atomic E-state index is 0.00287. The van der Waals surface area contributed by atoms with Gasteiger partial charge in [-0.25, -0.2) is 0 Å². The van der Waals surface area contributed by atoms with Gasteiger partial charge in [0.25, 0.3) is 0 Å². The molecule has 1 aliphatic carbocycles. The van der Waals surface area contributed by atoms with Crippen LogP contribution in [0.3, 0.4) is 0 Å². The lowest BCUT2D eigenvalue weighted by Gasteiger charge is -2.17. The van der Waals surface area contributed by atoms with E-state index >= 15 is 0 Å². The van der Waals surface area contributed by atoms with Gasteiger partial charge in [-0.2, -0.15) is 0 Å². The largest absolute Gasteiger partial charge is 0.462 e. The fourth-order valence-electron chi connectivity index (χ4n) is 2.55. The quantitative estimate of drug-likeness (QED) is 0.315. The van der Waals surface area contributed by atoms with Crippen LogP contribution in [0.4, 0.5) is 0 Å². The second-order valence-corrected chi connectivity index (χ2v) is 4.53. The van der Waals surface area contributed by atoms with Gasteiger partial charge in [-0.3, -0.25) is 4.79 Å². The molecule has 1 unspecified atom stereocenters. The van der Waals surface area contributed by atoms with E-state index in [4.69, 9.17) is 20.1 Å². The summed E-state index contributed by atoms with van der Waals surface area (Å²) in [6, 6.07) is 0. The average Bonchev–Trinajstić information content (AvgIpc) is 2.70. The van der Waals surface area contributed by atoms with Crippen LogP contribution in [0.25, 0.3) is 0 Å². The van der Waals surface area contributed by atoms with Crippen LogP contribution in [0, 0.1) is 11.8 Å². The highest BCUT2D eigenvalue weighted by Crippen LogP contribution is 2.43. The Morgan fingerprint density at radius 1 is 1.69 bits per heavy atom.